The number of rotatable bonds is 5. The molecule has 2 aliphatic rings. The summed E-state index contributed by atoms with van der Waals surface area (Å²) in [5.74, 6) is 0. The van der Waals surface area contributed by atoms with Crippen molar-refractivity contribution in [1.29, 1.82) is 0 Å². The van der Waals surface area contributed by atoms with Crippen LogP contribution in [-0.4, -0.2) is 24.6 Å². The van der Waals surface area contributed by atoms with Crippen molar-refractivity contribution in [2.45, 2.75) is 61.1 Å². The fraction of sp³-hybridized carbons (Fsp3) is 0.455. The molecule has 0 amide bonds. The minimum absolute atomic E-state index is 0.0866. The van der Waals surface area contributed by atoms with Crippen LogP contribution in [0.25, 0.3) is 0 Å². The van der Waals surface area contributed by atoms with Crippen molar-refractivity contribution >= 4 is 28.4 Å². The van der Waals surface area contributed by atoms with Crippen LogP contribution < -0.4 is 10.6 Å². The molecule has 2 saturated carbocycles. The van der Waals surface area contributed by atoms with Crippen LogP contribution >= 0.6 is 7.92 Å². The van der Waals surface area contributed by atoms with Gasteiger partial charge in [0.2, 0.25) is 0 Å². The summed E-state index contributed by atoms with van der Waals surface area (Å²) >= 11 is 0. The summed E-state index contributed by atoms with van der Waals surface area (Å²) in [5.41, 5.74) is 0.250. The van der Waals surface area contributed by atoms with E-state index in [0.29, 0.717) is 0 Å². The Kier molecular flexibility index (Phi) is 5.47. The Morgan fingerprint density at radius 3 is 1.77 bits per heavy atom. The molecule has 2 fully saturated rings. The molecule has 2 unspecified atom stereocenters. The molecule has 0 spiro atoms. The van der Waals surface area contributed by atoms with Gasteiger partial charge in [-0.25, -0.2) is 8.42 Å². The molecule has 4 rings (SSSR count). The van der Waals surface area contributed by atoms with E-state index in [1.807, 2.05) is 12.1 Å². The number of hydrogen-bond donors (Lipinski definition) is 0. The van der Waals surface area contributed by atoms with Gasteiger partial charge in [-0.05, 0) is 44.2 Å². The zero-order chi connectivity index (χ0) is 18.0. The van der Waals surface area contributed by atoms with E-state index in [1.54, 1.807) is 0 Å². The Labute approximate surface area is 158 Å². The van der Waals surface area contributed by atoms with Crippen molar-refractivity contribution in [1.82, 2.24) is 0 Å². The molecule has 2 aliphatic carbocycles. The normalized spacial score (nSPS) is 24.3. The molecule has 0 aliphatic heterocycles. The highest BCUT2D eigenvalue weighted by molar-refractivity contribution is 7.93. The molecule has 0 N–H and O–H groups in total. The number of benzene rings is 2. The number of hydrogen-bond acceptors (Lipinski definition) is 2. The summed E-state index contributed by atoms with van der Waals surface area (Å²) in [4.78, 5) is 0. The Morgan fingerprint density at radius 1 is 0.692 bits per heavy atom. The topological polar surface area (TPSA) is 34.1 Å². The highest BCUT2D eigenvalue weighted by atomic mass is 32.2. The molecule has 2 aromatic carbocycles. The minimum atomic E-state index is -3.03. The Balaban J connectivity index is 1.73. The van der Waals surface area contributed by atoms with Gasteiger partial charge in [0.1, 0.15) is 0 Å². The largest absolute Gasteiger partial charge is 0.228 e. The maximum absolute atomic E-state index is 13.4. The van der Waals surface area contributed by atoms with Crippen LogP contribution in [0.3, 0.4) is 0 Å². The van der Waals surface area contributed by atoms with Gasteiger partial charge in [-0.3, -0.25) is 0 Å². The van der Waals surface area contributed by atoms with Gasteiger partial charge in [0.25, 0.3) is 0 Å². The molecule has 138 valence electrons. The summed E-state index contributed by atoms with van der Waals surface area (Å²) in [6.45, 7) is 0. The Hall–Kier alpha value is -1.18. The van der Waals surface area contributed by atoms with Gasteiger partial charge in [0, 0.05) is 5.66 Å². The summed E-state index contributed by atoms with van der Waals surface area (Å²) < 4.78 is 26.8. The lowest BCUT2D eigenvalue weighted by Crippen LogP contribution is -2.38. The van der Waals surface area contributed by atoms with Crippen LogP contribution in [0.4, 0.5) is 0 Å². The van der Waals surface area contributed by atoms with Crippen LogP contribution in [0.1, 0.15) is 44.9 Å². The SMILES string of the molecule is O=S(=O)(C1CCCC1)C1CCCC1P(c1ccccc1)c1ccccc1. The second kappa shape index (κ2) is 7.82. The highest BCUT2D eigenvalue weighted by Gasteiger charge is 2.45. The van der Waals surface area contributed by atoms with E-state index >= 15 is 0 Å². The molecule has 0 bridgehead atoms. The van der Waals surface area contributed by atoms with Gasteiger partial charge in [0.05, 0.1) is 10.5 Å². The molecule has 4 heteroatoms. The third-order valence-electron chi connectivity index (χ3n) is 6.01. The summed E-state index contributed by atoms with van der Waals surface area (Å²) in [5, 5.41) is 2.38. The van der Waals surface area contributed by atoms with E-state index in [1.165, 1.54) is 10.6 Å². The first-order chi connectivity index (χ1) is 12.7. The van der Waals surface area contributed by atoms with Crippen LogP contribution in [-0.2, 0) is 9.84 Å². The minimum Gasteiger partial charge on any atom is -0.228 e. The predicted octanol–water partition coefficient (Wildman–Crippen LogP) is 4.40. The molecular weight excluding hydrogens is 359 g/mol. The van der Waals surface area contributed by atoms with E-state index in [4.69, 9.17) is 0 Å². The van der Waals surface area contributed by atoms with Gasteiger partial charge >= 0.3 is 0 Å². The Morgan fingerprint density at radius 2 is 1.23 bits per heavy atom. The monoisotopic (exact) mass is 386 g/mol. The van der Waals surface area contributed by atoms with Crippen LogP contribution in [0.5, 0.6) is 0 Å². The summed E-state index contributed by atoms with van der Waals surface area (Å²) in [6, 6.07) is 21.2. The predicted molar refractivity (Wildman–Crippen MR) is 112 cm³/mol. The van der Waals surface area contributed by atoms with Crippen molar-refractivity contribution in [3.8, 4) is 0 Å². The van der Waals surface area contributed by atoms with Crippen molar-refractivity contribution in [3.63, 3.8) is 0 Å². The maximum Gasteiger partial charge on any atom is 0.156 e. The molecule has 0 aromatic heterocycles. The second-order valence-corrected chi connectivity index (χ2v) is 12.5. The molecule has 2 atom stereocenters. The van der Waals surface area contributed by atoms with Crippen molar-refractivity contribution < 1.29 is 8.42 Å². The maximum atomic E-state index is 13.4. The highest BCUT2D eigenvalue weighted by Crippen LogP contribution is 2.50. The molecule has 2 nitrogen and oxygen atoms in total. The fourth-order valence-corrected chi connectivity index (χ4v) is 11.2. The van der Waals surface area contributed by atoms with Gasteiger partial charge in [-0.1, -0.05) is 79.9 Å². The van der Waals surface area contributed by atoms with Gasteiger partial charge in [0.15, 0.2) is 9.84 Å². The quantitative estimate of drug-likeness (QED) is 0.714. The van der Waals surface area contributed by atoms with Crippen molar-refractivity contribution in [3.05, 3.63) is 60.7 Å². The molecular formula is C22H27O2PS. The number of sulfone groups is 1. The lowest BCUT2D eigenvalue weighted by Gasteiger charge is -2.31. The zero-order valence-corrected chi connectivity index (χ0v) is 16.8. The van der Waals surface area contributed by atoms with E-state index in [2.05, 4.69) is 48.5 Å². The lowest BCUT2D eigenvalue weighted by molar-refractivity contribution is 0.564. The van der Waals surface area contributed by atoms with Gasteiger partial charge < -0.3 is 0 Å². The molecule has 0 saturated heterocycles. The smallest absolute Gasteiger partial charge is 0.156 e. The van der Waals surface area contributed by atoms with Gasteiger partial charge in [-0.15, -0.1) is 0 Å². The summed E-state index contributed by atoms with van der Waals surface area (Å²) in [6.07, 6.45) is 6.83. The van der Waals surface area contributed by atoms with Gasteiger partial charge in [-0.2, -0.15) is 0 Å². The Bertz CT molecular complexity index is 774. The van der Waals surface area contributed by atoms with Crippen LogP contribution in [0.15, 0.2) is 60.7 Å². The lowest BCUT2D eigenvalue weighted by atomic mass is 10.3. The third-order valence-corrected chi connectivity index (χ3v) is 12.0. The fourth-order valence-electron chi connectivity index (χ4n) is 4.76. The second-order valence-electron chi connectivity index (χ2n) is 7.57. The van der Waals surface area contributed by atoms with Crippen LogP contribution in [0, 0.1) is 0 Å². The van der Waals surface area contributed by atoms with E-state index < -0.39 is 17.8 Å². The average Bonchev–Trinajstić information content (AvgIpc) is 3.37. The van der Waals surface area contributed by atoms with Crippen LogP contribution in [0.2, 0.25) is 0 Å². The zero-order valence-electron chi connectivity index (χ0n) is 15.1. The first-order valence-corrected chi connectivity index (χ1v) is 12.8. The molecule has 26 heavy (non-hydrogen) atoms. The first kappa shape index (κ1) is 18.2. The summed E-state index contributed by atoms with van der Waals surface area (Å²) in [7, 11) is -3.68. The molecule has 2 aromatic rings. The van der Waals surface area contributed by atoms with Crippen molar-refractivity contribution in [2.75, 3.05) is 0 Å². The first-order valence-electron chi connectivity index (χ1n) is 9.80. The van der Waals surface area contributed by atoms with E-state index in [-0.39, 0.29) is 16.2 Å². The van der Waals surface area contributed by atoms with E-state index in [0.717, 1.165) is 44.9 Å². The van der Waals surface area contributed by atoms with Crippen molar-refractivity contribution in [2.24, 2.45) is 0 Å². The van der Waals surface area contributed by atoms with E-state index in [9.17, 15) is 8.42 Å². The average molecular weight is 386 g/mol. The third kappa shape index (κ3) is 3.49. The molecule has 0 radical (unpaired) electrons. The molecule has 0 heterocycles. The standard InChI is InChI=1S/C22H27O2PS/c23-26(24,20-14-7-8-15-20)22-17-9-16-21(22)25(18-10-3-1-4-11-18)19-12-5-2-6-13-19/h1-6,10-13,20-22H,7-9,14-17H2.